The Labute approximate surface area is 74.4 Å². The van der Waals surface area contributed by atoms with Gasteiger partial charge in [0.05, 0.1) is 0 Å². The standard InChI is InChI=1S/C10H18N2/c11-6-1-2-7-12-8-10(9-12)4-3-5-10/h1-2H,3-9,11H2/b2-1+. The Morgan fingerprint density at radius 3 is 2.50 bits per heavy atom. The van der Waals surface area contributed by atoms with Gasteiger partial charge in [-0.15, -0.1) is 0 Å². The zero-order valence-electron chi connectivity index (χ0n) is 7.63. The maximum atomic E-state index is 5.36. The van der Waals surface area contributed by atoms with Crippen LogP contribution in [0.25, 0.3) is 0 Å². The molecule has 2 heteroatoms. The largest absolute Gasteiger partial charge is 0.327 e. The fourth-order valence-corrected chi connectivity index (χ4v) is 2.34. The second-order valence-corrected chi connectivity index (χ2v) is 4.23. The summed E-state index contributed by atoms with van der Waals surface area (Å²) in [5, 5.41) is 0. The third-order valence-electron chi connectivity index (χ3n) is 3.20. The molecular formula is C10H18N2. The van der Waals surface area contributed by atoms with Crippen molar-refractivity contribution in [3.63, 3.8) is 0 Å². The maximum Gasteiger partial charge on any atom is 0.0164 e. The average molecular weight is 166 g/mol. The Hall–Kier alpha value is -0.340. The van der Waals surface area contributed by atoms with Crippen molar-refractivity contribution in [1.82, 2.24) is 4.90 Å². The molecule has 0 radical (unpaired) electrons. The summed E-state index contributed by atoms with van der Waals surface area (Å²) in [6.07, 6.45) is 8.65. The lowest BCUT2D eigenvalue weighted by Gasteiger charge is -2.56. The number of nitrogens with zero attached hydrogens (tertiary/aromatic N) is 1. The van der Waals surface area contributed by atoms with E-state index in [2.05, 4.69) is 11.0 Å². The molecule has 0 unspecified atom stereocenters. The first kappa shape index (κ1) is 8.27. The number of rotatable bonds is 3. The maximum absolute atomic E-state index is 5.36. The minimum Gasteiger partial charge on any atom is -0.327 e. The van der Waals surface area contributed by atoms with Crippen molar-refractivity contribution >= 4 is 0 Å². The number of hydrogen-bond acceptors (Lipinski definition) is 2. The van der Waals surface area contributed by atoms with Crippen molar-refractivity contribution in [3.8, 4) is 0 Å². The predicted octanol–water partition coefficient (Wildman–Crippen LogP) is 0.987. The van der Waals surface area contributed by atoms with Gasteiger partial charge in [0.25, 0.3) is 0 Å². The molecule has 1 aliphatic heterocycles. The monoisotopic (exact) mass is 166 g/mol. The molecule has 68 valence electrons. The van der Waals surface area contributed by atoms with Crippen LogP contribution in [-0.2, 0) is 0 Å². The highest BCUT2D eigenvalue weighted by atomic mass is 15.2. The van der Waals surface area contributed by atoms with Crippen LogP contribution in [-0.4, -0.2) is 31.1 Å². The fourth-order valence-electron chi connectivity index (χ4n) is 2.34. The Morgan fingerprint density at radius 1 is 1.25 bits per heavy atom. The minimum absolute atomic E-state index is 0.680. The molecule has 0 amide bonds. The van der Waals surface area contributed by atoms with Crippen LogP contribution in [0, 0.1) is 5.41 Å². The SMILES string of the molecule is NC/C=C/CN1CC2(CCC2)C1. The van der Waals surface area contributed by atoms with Gasteiger partial charge >= 0.3 is 0 Å². The second-order valence-electron chi connectivity index (χ2n) is 4.23. The van der Waals surface area contributed by atoms with Crippen molar-refractivity contribution in [2.75, 3.05) is 26.2 Å². The highest BCUT2D eigenvalue weighted by Gasteiger charge is 2.46. The van der Waals surface area contributed by atoms with Crippen LogP contribution in [0.3, 0.4) is 0 Å². The van der Waals surface area contributed by atoms with Gasteiger partial charge in [-0.3, -0.25) is 4.90 Å². The highest BCUT2D eigenvalue weighted by Crippen LogP contribution is 2.47. The molecule has 12 heavy (non-hydrogen) atoms. The van der Waals surface area contributed by atoms with Gasteiger partial charge in [-0.1, -0.05) is 18.6 Å². The molecule has 1 spiro atoms. The molecule has 1 aliphatic carbocycles. The quantitative estimate of drug-likeness (QED) is 0.633. The normalized spacial score (nSPS) is 27.4. The first-order chi connectivity index (χ1) is 5.85. The highest BCUT2D eigenvalue weighted by molar-refractivity contribution is 5.02. The van der Waals surface area contributed by atoms with Crippen molar-refractivity contribution in [3.05, 3.63) is 12.2 Å². The molecule has 0 atom stereocenters. The van der Waals surface area contributed by atoms with Crippen LogP contribution >= 0.6 is 0 Å². The molecule has 2 nitrogen and oxygen atoms in total. The molecule has 2 aliphatic rings. The lowest BCUT2D eigenvalue weighted by molar-refractivity contribution is -0.0528. The molecule has 2 fully saturated rings. The van der Waals surface area contributed by atoms with E-state index in [1.165, 1.54) is 32.4 Å². The molecule has 0 aromatic heterocycles. The third-order valence-corrected chi connectivity index (χ3v) is 3.20. The lowest BCUT2D eigenvalue weighted by Crippen LogP contribution is -2.59. The van der Waals surface area contributed by atoms with Crippen LogP contribution in [0.5, 0.6) is 0 Å². The van der Waals surface area contributed by atoms with Crippen LogP contribution in [0.4, 0.5) is 0 Å². The fraction of sp³-hybridized carbons (Fsp3) is 0.800. The first-order valence-corrected chi connectivity index (χ1v) is 4.92. The van der Waals surface area contributed by atoms with E-state index in [9.17, 15) is 0 Å². The van der Waals surface area contributed by atoms with E-state index in [0.717, 1.165) is 12.0 Å². The van der Waals surface area contributed by atoms with Gasteiger partial charge in [0.15, 0.2) is 0 Å². The summed E-state index contributed by atoms with van der Waals surface area (Å²) >= 11 is 0. The molecule has 0 aromatic carbocycles. The Bertz CT molecular complexity index is 174. The van der Waals surface area contributed by atoms with Crippen molar-refractivity contribution in [2.45, 2.75) is 19.3 Å². The van der Waals surface area contributed by atoms with Crippen molar-refractivity contribution < 1.29 is 0 Å². The van der Waals surface area contributed by atoms with E-state index >= 15 is 0 Å². The summed E-state index contributed by atoms with van der Waals surface area (Å²) in [5.41, 5.74) is 6.13. The molecule has 1 heterocycles. The lowest BCUT2D eigenvalue weighted by atomic mass is 9.63. The Kier molecular flexibility index (Phi) is 2.20. The van der Waals surface area contributed by atoms with E-state index in [0.29, 0.717) is 6.54 Å². The summed E-state index contributed by atoms with van der Waals surface area (Å²) in [6, 6.07) is 0. The van der Waals surface area contributed by atoms with Crippen LogP contribution < -0.4 is 5.73 Å². The van der Waals surface area contributed by atoms with Gasteiger partial charge in [0, 0.05) is 26.2 Å². The number of nitrogens with two attached hydrogens (primary N) is 1. The van der Waals surface area contributed by atoms with E-state index < -0.39 is 0 Å². The third kappa shape index (κ3) is 1.41. The zero-order valence-corrected chi connectivity index (χ0v) is 7.63. The zero-order chi connectivity index (χ0) is 8.44. The summed E-state index contributed by atoms with van der Waals surface area (Å²) in [7, 11) is 0. The van der Waals surface area contributed by atoms with Crippen LogP contribution in [0.2, 0.25) is 0 Å². The molecule has 2 N–H and O–H groups in total. The summed E-state index contributed by atoms with van der Waals surface area (Å²) in [6.45, 7) is 4.46. The van der Waals surface area contributed by atoms with Crippen LogP contribution in [0.15, 0.2) is 12.2 Å². The van der Waals surface area contributed by atoms with Gasteiger partial charge in [-0.2, -0.15) is 0 Å². The smallest absolute Gasteiger partial charge is 0.0164 e. The summed E-state index contributed by atoms with van der Waals surface area (Å²) in [5.74, 6) is 0. The summed E-state index contributed by atoms with van der Waals surface area (Å²) in [4.78, 5) is 2.51. The number of hydrogen-bond donors (Lipinski definition) is 1. The van der Waals surface area contributed by atoms with E-state index in [1.54, 1.807) is 0 Å². The summed E-state index contributed by atoms with van der Waals surface area (Å²) < 4.78 is 0. The Balaban J connectivity index is 1.64. The second kappa shape index (κ2) is 3.19. The van der Waals surface area contributed by atoms with Gasteiger partial charge in [-0.05, 0) is 18.3 Å². The first-order valence-electron chi connectivity index (χ1n) is 4.92. The molecule has 2 rings (SSSR count). The van der Waals surface area contributed by atoms with Gasteiger partial charge in [0.1, 0.15) is 0 Å². The average Bonchev–Trinajstić information content (AvgIpc) is 1.90. The predicted molar refractivity (Wildman–Crippen MR) is 50.9 cm³/mol. The van der Waals surface area contributed by atoms with Crippen molar-refractivity contribution in [1.29, 1.82) is 0 Å². The molecule has 0 aromatic rings. The number of likely N-dealkylation sites (tertiary alicyclic amines) is 1. The van der Waals surface area contributed by atoms with Crippen molar-refractivity contribution in [2.24, 2.45) is 11.1 Å². The molecule has 1 saturated heterocycles. The molecule has 0 bridgehead atoms. The van der Waals surface area contributed by atoms with Gasteiger partial charge in [-0.25, -0.2) is 0 Å². The van der Waals surface area contributed by atoms with Gasteiger partial charge < -0.3 is 5.73 Å². The minimum atomic E-state index is 0.680. The molecule has 1 saturated carbocycles. The van der Waals surface area contributed by atoms with E-state index in [-0.39, 0.29) is 0 Å². The van der Waals surface area contributed by atoms with Crippen LogP contribution in [0.1, 0.15) is 19.3 Å². The Morgan fingerprint density at radius 2 is 2.00 bits per heavy atom. The topological polar surface area (TPSA) is 29.3 Å². The van der Waals surface area contributed by atoms with Gasteiger partial charge in [0.2, 0.25) is 0 Å². The van der Waals surface area contributed by atoms with E-state index in [4.69, 9.17) is 5.73 Å². The van der Waals surface area contributed by atoms with E-state index in [1.807, 2.05) is 6.08 Å². The molecular weight excluding hydrogens is 148 g/mol.